The number of aromatic nitrogens is 4. The van der Waals surface area contributed by atoms with E-state index in [0.717, 1.165) is 38.8 Å². The van der Waals surface area contributed by atoms with Gasteiger partial charge in [0.1, 0.15) is 0 Å². The molecule has 234 valence electrons. The number of thiophene rings is 1. The minimum absolute atomic E-state index is 0.644. The Morgan fingerprint density at radius 3 is 1.72 bits per heavy atom. The fourth-order valence-corrected chi connectivity index (χ4v) is 8.32. The first-order valence-corrected chi connectivity index (χ1v) is 17.5. The molecule has 0 saturated carbocycles. The third kappa shape index (κ3) is 4.71. The van der Waals surface area contributed by atoms with Gasteiger partial charge in [-0.15, -0.1) is 11.3 Å². The lowest BCUT2D eigenvalue weighted by Gasteiger charge is -2.11. The zero-order valence-corrected chi connectivity index (χ0v) is 27.7. The number of benzene rings is 7. The highest BCUT2D eigenvalue weighted by Crippen LogP contribution is 2.43. The Morgan fingerprint density at radius 1 is 0.380 bits per heavy atom. The average molecular weight is 657 g/mol. The minimum atomic E-state index is 0.644. The van der Waals surface area contributed by atoms with Crippen molar-refractivity contribution in [3.63, 3.8) is 0 Å². The maximum absolute atomic E-state index is 5.22. The van der Waals surface area contributed by atoms with Crippen LogP contribution in [-0.2, 0) is 0 Å². The maximum atomic E-state index is 5.22. The van der Waals surface area contributed by atoms with Gasteiger partial charge < -0.3 is 4.57 Å². The molecule has 0 unspecified atom stereocenters. The van der Waals surface area contributed by atoms with E-state index < -0.39 is 0 Å². The van der Waals surface area contributed by atoms with E-state index in [0.29, 0.717) is 17.5 Å². The molecule has 0 saturated heterocycles. The Hall–Kier alpha value is -6.43. The number of para-hydroxylation sites is 2. The SMILES string of the molecule is c1ccc(-c2nc(-c3cc(-c4ccccc4)c4c(c3)sc3ccccc34)nc(-c3ccc4c(c3)c3ccccc3n4-c3ccccc3)n2)cc1. The second-order valence-corrected chi connectivity index (χ2v) is 13.5. The third-order valence-corrected chi connectivity index (χ3v) is 10.6. The summed E-state index contributed by atoms with van der Waals surface area (Å²) in [6, 6.07) is 59.7. The summed E-state index contributed by atoms with van der Waals surface area (Å²) in [7, 11) is 0. The Morgan fingerprint density at radius 2 is 0.960 bits per heavy atom. The number of hydrogen-bond donors (Lipinski definition) is 0. The first-order chi connectivity index (χ1) is 24.8. The lowest BCUT2D eigenvalue weighted by molar-refractivity contribution is 1.07. The normalized spacial score (nSPS) is 11.6. The van der Waals surface area contributed by atoms with Gasteiger partial charge in [0.2, 0.25) is 0 Å². The first-order valence-electron chi connectivity index (χ1n) is 16.7. The van der Waals surface area contributed by atoms with E-state index in [4.69, 9.17) is 15.0 Å². The molecule has 4 nitrogen and oxygen atoms in total. The molecule has 50 heavy (non-hydrogen) atoms. The van der Waals surface area contributed by atoms with E-state index in [1.807, 2.05) is 29.5 Å². The van der Waals surface area contributed by atoms with Crippen LogP contribution in [0.15, 0.2) is 170 Å². The molecule has 0 aliphatic heterocycles. The molecule has 10 rings (SSSR count). The molecule has 7 aromatic carbocycles. The van der Waals surface area contributed by atoms with Gasteiger partial charge >= 0.3 is 0 Å². The van der Waals surface area contributed by atoms with Gasteiger partial charge in [-0.1, -0.05) is 115 Å². The van der Waals surface area contributed by atoms with E-state index in [2.05, 4.69) is 156 Å². The van der Waals surface area contributed by atoms with Crippen LogP contribution in [0.3, 0.4) is 0 Å². The van der Waals surface area contributed by atoms with E-state index >= 15 is 0 Å². The number of hydrogen-bond acceptors (Lipinski definition) is 4. The lowest BCUT2D eigenvalue weighted by atomic mass is 9.97. The number of rotatable bonds is 5. The van der Waals surface area contributed by atoms with E-state index in [1.165, 1.54) is 36.7 Å². The van der Waals surface area contributed by atoms with Crippen molar-refractivity contribution >= 4 is 53.3 Å². The zero-order valence-electron chi connectivity index (χ0n) is 26.9. The van der Waals surface area contributed by atoms with E-state index in [1.54, 1.807) is 0 Å². The monoisotopic (exact) mass is 656 g/mol. The van der Waals surface area contributed by atoms with Crippen LogP contribution in [0.25, 0.3) is 93.0 Å². The van der Waals surface area contributed by atoms with Crippen molar-refractivity contribution in [1.29, 1.82) is 0 Å². The zero-order chi connectivity index (χ0) is 33.0. The molecule has 3 heterocycles. The smallest absolute Gasteiger partial charge is 0.164 e. The van der Waals surface area contributed by atoms with Crippen LogP contribution < -0.4 is 0 Å². The quantitative estimate of drug-likeness (QED) is 0.185. The average Bonchev–Trinajstić information content (AvgIpc) is 3.74. The van der Waals surface area contributed by atoms with Crippen LogP contribution in [0, 0.1) is 0 Å². The van der Waals surface area contributed by atoms with Gasteiger partial charge in [0.15, 0.2) is 17.5 Å². The summed E-state index contributed by atoms with van der Waals surface area (Å²) in [5.41, 5.74) is 8.64. The summed E-state index contributed by atoms with van der Waals surface area (Å²) in [4.78, 5) is 15.5. The predicted molar refractivity (Wildman–Crippen MR) is 209 cm³/mol. The topological polar surface area (TPSA) is 43.6 Å². The van der Waals surface area contributed by atoms with Crippen molar-refractivity contribution < 1.29 is 0 Å². The Balaban J connectivity index is 1.21. The summed E-state index contributed by atoms with van der Waals surface area (Å²) in [5, 5.41) is 4.87. The molecule has 0 aliphatic carbocycles. The molecule has 0 atom stereocenters. The molecule has 0 fully saturated rings. The van der Waals surface area contributed by atoms with Crippen molar-refractivity contribution in [2.45, 2.75) is 0 Å². The fraction of sp³-hybridized carbons (Fsp3) is 0. The van der Waals surface area contributed by atoms with Crippen LogP contribution in [0.2, 0.25) is 0 Å². The van der Waals surface area contributed by atoms with Gasteiger partial charge in [0, 0.05) is 53.3 Å². The highest BCUT2D eigenvalue weighted by atomic mass is 32.1. The number of nitrogens with zero attached hydrogens (tertiary/aromatic N) is 4. The molecular weight excluding hydrogens is 629 g/mol. The van der Waals surface area contributed by atoms with Crippen LogP contribution in [0.5, 0.6) is 0 Å². The summed E-state index contributed by atoms with van der Waals surface area (Å²) < 4.78 is 4.80. The predicted octanol–water partition coefficient (Wildman–Crippen LogP) is 12.0. The van der Waals surface area contributed by atoms with Gasteiger partial charge in [0.05, 0.1) is 11.0 Å². The highest BCUT2D eigenvalue weighted by molar-refractivity contribution is 7.26. The highest BCUT2D eigenvalue weighted by Gasteiger charge is 2.19. The van der Waals surface area contributed by atoms with Crippen molar-refractivity contribution in [3.8, 4) is 51.0 Å². The van der Waals surface area contributed by atoms with Gasteiger partial charge in [-0.3, -0.25) is 0 Å². The van der Waals surface area contributed by atoms with Crippen LogP contribution in [0.4, 0.5) is 0 Å². The standard InChI is InChI=1S/C45H28N4S/c1-4-14-29(15-5-1)36-27-32(28-41-42(36)35-21-11-13-23-40(35)50-41)45-47-43(30-16-6-2-7-17-30)46-44(48-45)31-24-25-39-37(26-31)34-20-10-12-22-38(34)49(39)33-18-8-3-9-19-33/h1-28H. The van der Waals surface area contributed by atoms with E-state index in [-0.39, 0.29) is 0 Å². The fourth-order valence-electron chi connectivity index (χ4n) is 7.15. The lowest BCUT2D eigenvalue weighted by Crippen LogP contribution is -2.00. The largest absolute Gasteiger partial charge is 0.309 e. The molecule has 10 aromatic rings. The van der Waals surface area contributed by atoms with Crippen molar-refractivity contribution in [2.24, 2.45) is 0 Å². The second-order valence-electron chi connectivity index (χ2n) is 12.5. The molecule has 5 heteroatoms. The summed E-state index contributed by atoms with van der Waals surface area (Å²) in [6.07, 6.45) is 0. The van der Waals surface area contributed by atoms with Gasteiger partial charge in [-0.2, -0.15) is 0 Å². The van der Waals surface area contributed by atoms with Crippen LogP contribution in [0.1, 0.15) is 0 Å². The molecule has 0 spiro atoms. The molecular formula is C45H28N4S. The molecule has 0 N–H and O–H groups in total. The first kappa shape index (κ1) is 28.6. The number of fused-ring (bicyclic) bond motifs is 6. The molecule has 0 aliphatic rings. The molecule has 0 bridgehead atoms. The Bertz CT molecular complexity index is 2860. The summed E-state index contributed by atoms with van der Waals surface area (Å²) >= 11 is 1.81. The summed E-state index contributed by atoms with van der Waals surface area (Å²) in [6.45, 7) is 0. The van der Waals surface area contributed by atoms with E-state index in [9.17, 15) is 0 Å². The summed E-state index contributed by atoms with van der Waals surface area (Å²) in [5.74, 6) is 1.94. The molecule has 3 aromatic heterocycles. The van der Waals surface area contributed by atoms with Gasteiger partial charge in [-0.05, 0) is 65.7 Å². The molecule has 0 radical (unpaired) electrons. The van der Waals surface area contributed by atoms with Gasteiger partial charge in [0.25, 0.3) is 0 Å². The van der Waals surface area contributed by atoms with Crippen LogP contribution in [-0.4, -0.2) is 19.5 Å². The maximum Gasteiger partial charge on any atom is 0.164 e. The minimum Gasteiger partial charge on any atom is -0.309 e. The van der Waals surface area contributed by atoms with Crippen LogP contribution >= 0.6 is 11.3 Å². The molecule has 0 amide bonds. The Labute approximate surface area is 292 Å². The van der Waals surface area contributed by atoms with Gasteiger partial charge in [-0.25, -0.2) is 15.0 Å². The van der Waals surface area contributed by atoms with Crippen molar-refractivity contribution in [2.75, 3.05) is 0 Å². The third-order valence-electron chi connectivity index (χ3n) is 9.43. The van der Waals surface area contributed by atoms with Crippen molar-refractivity contribution in [3.05, 3.63) is 170 Å². The second kappa shape index (κ2) is 11.6. The van der Waals surface area contributed by atoms with Crippen molar-refractivity contribution in [1.82, 2.24) is 19.5 Å². The Kier molecular flexibility index (Phi) is 6.64.